The fraction of sp³-hybridized carbons (Fsp3) is 0.933. The Morgan fingerprint density at radius 1 is 1.45 bits per heavy atom. The predicted molar refractivity (Wildman–Crippen MR) is 79.7 cm³/mol. The van der Waals surface area contributed by atoms with Gasteiger partial charge in [0, 0.05) is 25.7 Å². The first-order valence-electron chi connectivity index (χ1n) is 7.59. The number of aliphatic hydroxyl groups excluding tert-OH is 1. The van der Waals surface area contributed by atoms with Gasteiger partial charge in [-0.2, -0.15) is 0 Å². The van der Waals surface area contributed by atoms with E-state index in [0.717, 1.165) is 19.4 Å². The van der Waals surface area contributed by atoms with E-state index in [4.69, 9.17) is 4.74 Å². The lowest BCUT2D eigenvalue weighted by Gasteiger charge is -2.29. The molecule has 0 aliphatic carbocycles. The molecule has 1 saturated heterocycles. The van der Waals surface area contributed by atoms with Crippen LogP contribution in [0.2, 0.25) is 0 Å². The molecule has 1 rings (SSSR count). The Hall–Kier alpha value is -0.810. The number of hydrogen-bond donors (Lipinski definition) is 2. The molecule has 5 heteroatoms. The van der Waals surface area contributed by atoms with Crippen LogP contribution in [0.4, 0.5) is 4.79 Å². The molecule has 2 N–H and O–H groups in total. The van der Waals surface area contributed by atoms with Gasteiger partial charge in [-0.25, -0.2) is 4.79 Å². The molecule has 118 valence electrons. The number of hydrogen-bond acceptors (Lipinski definition) is 4. The smallest absolute Gasteiger partial charge is 0.410 e. The number of carbonyl (C=O) groups is 1. The SMILES string of the molecule is CC(C)C(O)CNCC1CCCN1C(=O)OC(C)(C)C. The molecular weight excluding hydrogens is 256 g/mol. The molecule has 20 heavy (non-hydrogen) atoms. The van der Waals surface area contributed by atoms with Crippen LogP contribution < -0.4 is 5.32 Å². The molecule has 5 nitrogen and oxygen atoms in total. The molecule has 0 radical (unpaired) electrons. The van der Waals surface area contributed by atoms with E-state index in [-0.39, 0.29) is 24.2 Å². The minimum atomic E-state index is -0.453. The summed E-state index contributed by atoms with van der Waals surface area (Å²) in [6, 6.07) is 0.171. The third-order valence-corrected chi connectivity index (χ3v) is 3.51. The highest BCUT2D eigenvalue weighted by atomic mass is 16.6. The Morgan fingerprint density at radius 2 is 2.10 bits per heavy atom. The highest BCUT2D eigenvalue weighted by Crippen LogP contribution is 2.20. The summed E-state index contributed by atoms with van der Waals surface area (Å²) in [6.07, 6.45) is 1.43. The second-order valence-electron chi connectivity index (χ2n) is 6.94. The van der Waals surface area contributed by atoms with E-state index in [1.165, 1.54) is 0 Å². The van der Waals surface area contributed by atoms with E-state index in [1.54, 1.807) is 4.90 Å². The van der Waals surface area contributed by atoms with E-state index >= 15 is 0 Å². The van der Waals surface area contributed by atoms with Gasteiger partial charge < -0.3 is 20.1 Å². The number of aliphatic hydroxyl groups is 1. The molecule has 1 fully saturated rings. The standard InChI is InChI=1S/C15H30N2O3/c1-11(2)13(18)10-16-9-12-7-6-8-17(12)14(19)20-15(3,4)5/h11-13,16,18H,6-10H2,1-5H3. The topological polar surface area (TPSA) is 61.8 Å². The summed E-state index contributed by atoms with van der Waals surface area (Å²) < 4.78 is 5.43. The van der Waals surface area contributed by atoms with Crippen LogP contribution in [0.25, 0.3) is 0 Å². The van der Waals surface area contributed by atoms with E-state index in [2.05, 4.69) is 5.32 Å². The van der Waals surface area contributed by atoms with Gasteiger partial charge in [0.2, 0.25) is 0 Å². The minimum Gasteiger partial charge on any atom is -0.444 e. The minimum absolute atomic E-state index is 0.171. The molecule has 2 unspecified atom stereocenters. The first-order chi connectivity index (χ1) is 9.20. The monoisotopic (exact) mass is 286 g/mol. The Balaban J connectivity index is 2.39. The van der Waals surface area contributed by atoms with Crippen molar-refractivity contribution in [1.29, 1.82) is 0 Å². The van der Waals surface area contributed by atoms with Gasteiger partial charge >= 0.3 is 6.09 Å². The summed E-state index contributed by atoms with van der Waals surface area (Å²) in [5.41, 5.74) is -0.453. The second-order valence-corrected chi connectivity index (χ2v) is 6.94. The van der Waals surface area contributed by atoms with Crippen LogP contribution in [-0.2, 0) is 4.74 Å². The van der Waals surface area contributed by atoms with E-state index < -0.39 is 5.60 Å². The third-order valence-electron chi connectivity index (χ3n) is 3.51. The number of ether oxygens (including phenoxy) is 1. The summed E-state index contributed by atoms with van der Waals surface area (Å²) in [4.78, 5) is 13.9. The van der Waals surface area contributed by atoms with E-state index in [9.17, 15) is 9.90 Å². The number of carbonyl (C=O) groups excluding carboxylic acids is 1. The van der Waals surface area contributed by atoms with Crippen LogP contribution in [0.3, 0.4) is 0 Å². The van der Waals surface area contributed by atoms with Crippen LogP contribution in [0.1, 0.15) is 47.5 Å². The second kappa shape index (κ2) is 7.27. The summed E-state index contributed by atoms with van der Waals surface area (Å²) in [7, 11) is 0. The summed E-state index contributed by atoms with van der Waals surface area (Å²) in [5.74, 6) is 0.244. The lowest BCUT2D eigenvalue weighted by molar-refractivity contribution is 0.0223. The van der Waals surface area contributed by atoms with Gasteiger partial charge in [0.1, 0.15) is 5.60 Å². The first kappa shape index (κ1) is 17.2. The van der Waals surface area contributed by atoms with Crippen LogP contribution in [-0.4, -0.2) is 53.5 Å². The van der Waals surface area contributed by atoms with Crippen LogP contribution in [0, 0.1) is 5.92 Å². The van der Waals surface area contributed by atoms with Crippen molar-refractivity contribution in [3.63, 3.8) is 0 Å². The number of nitrogens with one attached hydrogen (secondary N) is 1. The quantitative estimate of drug-likeness (QED) is 0.811. The molecule has 0 spiro atoms. The number of amides is 1. The van der Waals surface area contributed by atoms with Crippen molar-refractivity contribution in [3.8, 4) is 0 Å². The number of likely N-dealkylation sites (tertiary alicyclic amines) is 1. The van der Waals surface area contributed by atoms with Crippen LogP contribution in [0.5, 0.6) is 0 Å². The van der Waals surface area contributed by atoms with Gasteiger partial charge in [0.15, 0.2) is 0 Å². The Bertz CT molecular complexity index is 313. The van der Waals surface area contributed by atoms with E-state index in [0.29, 0.717) is 13.1 Å². The van der Waals surface area contributed by atoms with Crippen LogP contribution in [0.15, 0.2) is 0 Å². The highest BCUT2D eigenvalue weighted by Gasteiger charge is 2.31. The van der Waals surface area contributed by atoms with Gasteiger partial charge in [-0.3, -0.25) is 0 Å². The van der Waals surface area contributed by atoms with Crippen molar-refractivity contribution in [1.82, 2.24) is 10.2 Å². The zero-order valence-corrected chi connectivity index (χ0v) is 13.5. The average molecular weight is 286 g/mol. The van der Waals surface area contributed by atoms with Gasteiger partial charge in [0.05, 0.1) is 6.10 Å². The van der Waals surface area contributed by atoms with Crippen molar-refractivity contribution < 1.29 is 14.6 Å². The largest absolute Gasteiger partial charge is 0.444 e. The molecule has 0 aromatic rings. The van der Waals surface area contributed by atoms with Gasteiger partial charge in [-0.1, -0.05) is 13.8 Å². The lowest BCUT2D eigenvalue weighted by Crippen LogP contribution is -2.45. The fourth-order valence-corrected chi connectivity index (χ4v) is 2.24. The third kappa shape index (κ3) is 5.67. The average Bonchev–Trinajstić information content (AvgIpc) is 2.74. The first-order valence-corrected chi connectivity index (χ1v) is 7.59. The van der Waals surface area contributed by atoms with Gasteiger partial charge in [-0.05, 0) is 39.5 Å². The van der Waals surface area contributed by atoms with Crippen molar-refractivity contribution in [2.75, 3.05) is 19.6 Å². The van der Waals surface area contributed by atoms with E-state index in [1.807, 2.05) is 34.6 Å². The summed E-state index contributed by atoms with van der Waals surface area (Å²) >= 11 is 0. The highest BCUT2D eigenvalue weighted by molar-refractivity contribution is 5.69. The fourth-order valence-electron chi connectivity index (χ4n) is 2.24. The van der Waals surface area contributed by atoms with Gasteiger partial charge in [0.25, 0.3) is 0 Å². The maximum Gasteiger partial charge on any atom is 0.410 e. The molecule has 2 atom stereocenters. The summed E-state index contributed by atoms with van der Waals surface area (Å²) in [5, 5.41) is 13.0. The molecule has 0 aromatic carbocycles. The molecule has 0 saturated carbocycles. The Kier molecular flexibility index (Phi) is 6.27. The zero-order valence-electron chi connectivity index (χ0n) is 13.5. The van der Waals surface area contributed by atoms with Crippen LogP contribution >= 0.6 is 0 Å². The van der Waals surface area contributed by atoms with Crippen molar-refractivity contribution in [2.45, 2.75) is 65.2 Å². The van der Waals surface area contributed by atoms with Gasteiger partial charge in [-0.15, -0.1) is 0 Å². The Labute approximate surface area is 122 Å². The number of nitrogens with zero attached hydrogens (tertiary/aromatic N) is 1. The molecule has 0 bridgehead atoms. The molecule has 1 aliphatic rings. The molecule has 1 aliphatic heterocycles. The van der Waals surface area contributed by atoms with Crippen molar-refractivity contribution >= 4 is 6.09 Å². The molecule has 1 heterocycles. The molecule has 1 amide bonds. The van der Waals surface area contributed by atoms with Crippen molar-refractivity contribution in [2.24, 2.45) is 5.92 Å². The van der Waals surface area contributed by atoms with Crippen molar-refractivity contribution in [3.05, 3.63) is 0 Å². The Morgan fingerprint density at radius 3 is 2.65 bits per heavy atom. The summed E-state index contributed by atoms with van der Waals surface area (Å²) in [6.45, 7) is 11.7. The normalized spacial score (nSPS) is 21.4. The molecular formula is C15H30N2O3. The maximum absolute atomic E-state index is 12.1. The lowest BCUT2D eigenvalue weighted by atomic mass is 10.1. The molecule has 0 aromatic heterocycles. The predicted octanol–water partition coefficient (Wildman–Crippen LogP) is 1.99. The zero-order chi connectivity index (χ0) is 15.3. The maximum atomic E-state index is 12.1. The number of rotatable bonds is 5.